The zero-order chi connectivity index (χ0) is 21.0. The van der Waals surface area contributed by atoms with Crippen molar-refractivity contribution in [3.05, 3.63) is 65.3 Å². The Morgan fingerprint density at radius 3 is 2.41 bits per heavy atom. The number of methoxy groups -OCH3 is 1. The van der Waals surface area contributed by atoms with Crippen molar-refractivity contribution in [1.29, 1.82) is 0 Å². The number of rotatable bonds is 7. The molecule has 3 aromatic rings. The van der Waals surface area contributed by atoms with Gasteiger partial charge in [0.25, 0.3) is 0 Å². The summed E-state index contributed by atoms with van der Waals surface area (Å²) in [7, 11) is 1.62. The molecule has 1 aromatic heterocycles. The number of aromatic nitrogens is 2. The van der Waals surface area contributed by atoms with Crippen LogP contribution in [0.4, 0.5) is 0 Å². The molecular formula is C22H24ClN3O3. The molecule has 0 atom stereocenters. The number of nitrogens with zero attached hydrogens (tertiary/aromatic N) is 3. The third kappa shape index (κ3) is 4.96. The highest BCUT2D eigenvalue weighted by atomic mass is 35.5. The Kier molecular flexibility index (Phi) is 6.56. The highest BCUT2D eigenvalue weighted by Gasteiger charge is 2.17. The molecule has 3 rings (SSSR count). The van der Waals surface area contributed by atoms with Crippen LogP contribution in [0.1, 0.15) is 26.0 Å². The van der Waals surface area contributed by atoms with E-state index < -0.39 is 0 Å². The number of hydroxylamine groups is 2. The number of ether oxygens (including phenoxy) is 1. The predicted molar refractivity (Wildman–Crippen MR) is 113 cm³/mol. The van der Waals surface area contributed by atoms with E-state index in [9.17, 15) is 10.0 Å². The summed E-state index contributed by atoms with van der Waals surface area (Å²) in [6.45, 7) is 3.52. The van der Waals surface area contributed by atoms with Crippen LogP contribution in [0.3, 0.4) is 0 Å². The van der Waals surface area contributed by atoms with E-state index in [0.717, 1.165) is 33.5 Å². The van der Waals surface area contributed by atoms with Gasteiger partial charge >= 0.3 is 0 Å². The molecule has 7 heteroatoms. The minimum Gasteiger partial charge on any atom is -0.497 e. The number of hydrogen-bond donors (Lipinski definition) is 1. The van der Waals surface area contributed by atoms with Crippen LogP contribution in [0.2, 0.25) is 5.02 Å². The summed E-state index contributed by atoms with van der Waals surface area (Å²) in [6, 6.07) is 16.8. The van der Waals surface area contributed by atoms with Crippen LogP contribution in [0.15, 0.2) is 54.6 Å². The molecule has 0 saturated heterocycles. The number of amides is 1. The molecule has 0 saturated carbocycles. The summed E-state index contributed by atoms with van der Waals surface area (Å²) in [5, 5.41) is 15.9. The van der Waals surface area contributed by atoms with Crippen LogP contribution >= 0.6 is 11.6 Å². The predicted octanol–water partition coefficient (Wildman–Crippen LogP) is 4.76. The van der Waals surface area contributed by atoms with Crippen LogP contribution in [-0.4, -0.2) is 39.1 Å². The molecule has 1 amide bonds. The van der Waals surface area contributed by atoms with Crippen LogP contribution in [0, 0.1) is 0 Å². The lowest BCUT2D eigenvalue weighted by molar-refractivity contribution is -0.172. The first kappa shape index (κ1) is 20.9. The zero-order valence-corrected chi connectivity index (χ0v) is 17.4. The van der Waals surface area contributed by atoms with Crippen molar-refractivity contribution in [1.82, 2.24) is 14.8 Å². The molecule has 0 aliphatic rings. The molecule has 0 fully saturated rings. The second kappa shape index (κ2) is 9.11. The normalized spacial score (nSPS) is 11.0. The topological polar surface area (TPSA) is 67.6 Å². The lowest BCUT2D eigenvalue weighted by atomic mass is 10.1. The van der Waals surface area contributed by atoms with Crippen LogP contribution in [0.25, 0.3) is 16.9 Å². The van der Waals surface area contributed by atoms with Gasteiger partial charge in [0.2, 0.25) is 5.91 Å². The van der Waals surface area contributed by atoms with Gasteiger partial charge in [-0.05, 0) is 56.3 Å². The minimum atomic E-state index is -0.327. The number of carbonyl (C=O) groups excluding carboxylic acids is 1. The van der Waals surface area contributed by atoms with Crippen LogP contribution in [-0.2, 0) is 11.2 Å². The maximum atomic E-state index is 12.1. The maximum Gasteiger partial charge on any atom is 0.246 e. The van der Waals surface area contributed by atoms with Crippen molar-refractivity contribution in [2.75, 3.05) is 7.11 Å². The van der Waals surface area contributed by atoms with Crippen molar-refractivity contribution in [3.8, 4) is 22.7 Å². The van der Waals surface area contributed by atoms with Gasteiger partial charge < -0.3 is 4.74 Å². The standard InChI is InChI=1S/C22H24ClN3O3/c1-15(2)26(28)22(27)13-8-18-14-21(16-4-6-17(23)7-5-16)25(24-18)19-9-11-20(29-3)12-10-19/h4-7,9-12,14-15,28H,8,13H2,1-3H3. The van der Waals surface area contributed by atoms with E-state index in [-0.39, 0.29) is 18.4 Å². The fourth-order valence-corrected chi connectivity index (χ4v) is 3.06. The van der Waals surface area contributed by atoms with Gasteiger partial charge in [-0.25, -0.2) is 9.75 Å². The second-order valence-electron chi connectivity index (χ2n) is 6.97. The average molecular weight is 414 g/mol. The lowest BCUT2D eigenvalue weighted by Gasteiger charge is -2.18. The summed E-state index contributed by atoms with van der Waals surface area (Å²) < 4.78 is 7.07. The van der Waals surface area contributed by atoms with Crippen LogP contribution in [0.5, 0.6) is 5.75 Å². The van der Waals surface area contributed by atoms with E-state index in [1.165, 1.54) is 0 Å². The smallest absolute Gasteiger partial charge is 0.246 e. The average Bonchev–Trinajstić information content (AvgIpc) is 3.16. The Morgan fingerprint density at radius 1 is 1.17 bits per heavy atom. The summed E-state index contributed by atoms with van der Waals surface area (Å²) in [5.41, 5.74) is 3.48. The Labute approximate surface area is 175 Å². The van der Waals surface area contributed by atoms with E-state index >= 15 is 0 Å². The van der Waals surface area contributed by atoms with Crippen molar-refractivity contribution < 1.29 is 14.7 Å². The SMILES string of the molecule is COc1ccc(-n2nc(CCC(=O)N(O)C(C)C)cc2-c2ccc(Cl)cc2)cc1. The first-order chi connectivity index (χ1) is 13.9. The highest BCUT2D eigenvalue weighted by molar-refractivity contribution is 6.30. The van der Waals surface area contributed by atoms with Gasteiger partial charge in [0, 0.05) is 23.4 Å². The summed E-state index contributed by atoms with van der Waals surface area (Å²) >= 11 is 6.03. The van der Waals surface area contributed by atoms with E-state index in [4.69, 9.17) is 21.4 Å². The Bertz CT molecular complexity index is 966. The number of benzene rings is 2. The Hall–Kier alpha value is -2.83. The fourth-order valence-electron chi connectivity index (χ4n) is 2.94. The van der Waals surface area contributed by atoms with Crippen molar-refractivity contribution in [2.24, 2.45) is 0 Å². The molecule has 1 heterocycles. The molecule has 0 bridgehead atoms. The minimum absolute atomic E-state index is 0.175. The monoisotopic (exact) mass is 413 g/mol. The first-order valence-electron chi connectivity index (χ1n) is 9.39. The summed E-state index contributed by atoms with van der Waals surface area (Å²) in [6.07, 6.45) is 0.598. The van der Waals surface area contributed by atoms with Gasteiger partial charge in [0.1, 0.15) is 5.75 Å². The first-order valence-corrected chi connectivity index (χ1v) is 9.77. The number of hydrogen-bond acceptors (Lipinski definition) is 4. The van der Waals surface area contributed by atoms with Gasteiger partial charge in [-0.2, -0.15) is 5.10 Å². The summed E-state index contributed by atoms with van der Waals surface area (Å²) in [4.78, 5) is 12.1. The quantitative estimate of drug-likeness (QED) is 0.448. The Morgan fingerprint density at radius 2 is 1.83 bits per heavy atom. The fraction of sp³-hybridized carbons (Fsp3) is 0.273. The largest absolute Gasteiger partial charge is 0.497 e. The van der Waals surface area contributed by atoms with Crippen molar-refractivity contribution >= 4 is 17.5 Å². The number of halogens is 1. The van der Waals surface area contributed by atoms with Crippen molar-refractivity contribution in [2.45, 2.75) is 32.7 Å². The van der Waals surface area contributed by atoms with Gasteiger partial charge in [0.15, 0.2) is 0 Å². The van der Waals surface area contributed by atoms with Gasteiger partial charge in [-0.15, -0.1) is 0 Å². The maximum absolute atomic E-state index is 12.1. The second-order valence-corrected chi connectivity index (χ2v) is 7.41. The molecule has 1 N–H and O–H groups in total. The van der Waals surface area contributed by atoms with E-state index in [1.54, 1.807) is 21.0 Å². The molecule has 0 unspecified atom stereocenters. The molecule has 0 radical (unpaired) electrons. The molecule has 0 aliphatic heterocycles. The van der Waals surface area contributed by atoms with Crippen molar-refractivity contribution in [3.63, 3.8) is 0 Å². The molecule has 6 nitrogen and oxygen atoms in total. The summed E-state index contributed by atoms with van der Waals surface area (Å²) in [5.74, 6) is 0.434. The number of carbonyl (C=O) groups is 1. The zero-order valence-electron chi connectivity index (χ0n) is 16.7. The van der Waals surface area contributed by atoms with Gasteiger partial charge in [-0.1, -0.05) is 23.7 Å². The molecular weight excluding hydrogens is 390 g/mol. The van der Waals surface area contributed by atoms with Crippen LogP contribution < -0.4 is 4.74 Å². The van der Waals surface area contributed by atoms with E-state index in [1.807, 2.05) is 59.3 Å². The van der Waals surface area contributed by atoms with Gasteiger partial charge in [0.05, 0.1) is 30.2 Å². The lowest BCUT2D eigenvalue weighted by Crippen LogP contribution is -2.33. The number of aryl methyl sites for hydroxylation is 1. The Balaban J connectivity index is 1.92. The molecule has 0 aliphatic carbocycles. The third-order valence-corrected chi connectivity index (χ3v) is 4.81. The van der Waals surface area contributed by atoms with Gasteiger partial charge in [-0.3, -0.25) is 10.0 Å². The highest BCUT2D eigenvalue weighted by Crippen LogP contribution is 2.27. The molecule has 2 aromatic carbocycles. The van der Waals surface area contributed by atoms with E-state index in [0.29, 0.717) is 11.4 Å². The molecule has 0 spiro atoms. The molecule has 29 heavy (non-hydrogen) atoms. The molecule has 152 valence electrons. The third-order valence-electron chi connectivity index (χ3n) is 4.56. The van der Waals surface area contributed by atoms with E-state index in [2.05, 4.69) is 0 Å².